The van der Waals surface area contributed by atoms with Crippen molar-refractivity contribution in [2.24, 2.45) is 0 Å². The zero-order valence-electron chi connectivity index (χ0n) is 12.4. The molecule has 2 aromatic rings. The van der Waals surface area contributed by atoms with Crippen LogP contribution in [0.15, 0.2) is 30.3 Å². The average molecular weight is 321 g/mol. The third-order valence-electron chi connectivity index (χ3n) is 3.92. The van der Waals surface area contributed by atoms with Crippen LogP contribution in [0.4, 0.5) is 0 Å². The number of hydrogen-bond donors (Lipinski definition) is 2. The molecule has 0 atom stereocenters. The number of rotatable bonds is 3. The Bertz CT molecular complexity index is 756. The summed E-state index contributed by atoms with van der Waals surface area (Å²) in [6.45, 7) is 1.11. The molecule has 1 saturated heterocycles. The van der Waals surface area contributed by atoms with Crippen molar-refractivity contribution in [3.8, 4) is 0 Å². The van der Waals surface area contributed by atoms with Gasteiger partial charge in [0.15, 0.2) is 0 Å². The fraction of sp³-hybridized carbons (Fsp3) is 0.400. The van der Waals surface area contributed by atoms with Crippen molar-refractivity contribution in [1.29, 1.82) is 0 Å². The first kappa shape index (κ1) is 15.1. The number of likely N-dealkylation sites (tertiary alicyclic amines) is 1. The quantitative estimate of drug-likeness (QED) is 0.894. The number of carbonyl (C=O) groups is 1. The molecule has 1 aliphatic heterocycles. The lowest BCUT2D eigenvalue weighted by Gasteiger charge is -2.31. The summed E-state index contributed by atoms with van der Waals surface area (Å²) < 4.78 is 25.1. The molecule has 118 valence electrons. The van der Waals surface area contributed by atoms with E-state index in [1.165, 1.54) is 0 Å². The average Bonchev–Trinajstić information content (AvgIpc) is 2.89. The summed E-state index contributed by atoms with van der Waals surface area (Å²) in [6, 6.07) is 9.54. The van der Waals surface area contributed by atoms with Gasteiger partial charge in [-0.25, -0.2) is 13.1 Å². The molecule has 1 amide bonds. The maximum Gasteiger partial charge on any atom is 0.270 e. The molecule has 0 unspecified atom stereocenters. The Labute approximate surface area is 129 Å². The van der Waals surface area contributed by atoms with Crippen molar-refractivity contribution >= 4 is 26.8 Å². The second kappa shape index (κ2) is 5.73. The second-order valence-corrected chi connectivity index (χ2v) is 7.51. The third-order valence-corrected chi connectivity index (χ3v) is 4.68. The van der Waals surface area contributed by atoms with E-state index in [0.29, 0.717) is 31.6 Å². The van der Waals surface area contributed by atoms with Gasteiger partial charge in [-0.2, -0.15) is 0 Å². The number of benzene rings is 1. The number of H-pyrrole nitrogens is 1. The van der Waals surface area contributed by atoms with Gasteiger partial charge in [0, 0.05) is 30.0 Å². The lowest BCUT2D eigenvalue weighted by atomic mass is 10.1. The molecule has 0 aliphatic carbocycles. The van der Waals surface area contributed by atoms with Crippen LogP contribution in [0.25, 0.3) is 10.9 Å². The van der Waals surface area contributed by atoms with E-state index in [1.807, 2.05) is 30.3 Å². The summed E-state index contributed by atoms with van der Waals surface area (Å²) in [7, 11) is -3.19. The van der Waals surface area contributed by atoms with E-state index in [9.17, 15) is 13.2 Å². The molecular weight excluding hydrogens is 302 g/mol. The van der Waals surface area contributed by atoms with Gasteiger partial charge in [-0.1, -0.05) is 18.2 Å². The highest BCUT2D eigenvalue weighted by Gasteiger charge is 2.25. The highest BCUT2D eigenvalue weighted by atomic mass is 32.2. The van der Waals surface area contributed by atoms with Gasteiger partial charge >= 0.3 is 0 Å². The minimum atomic E-state index is -3.19. The lowest BCUT2D eigenvalue weighted by molar-refractivity contribution is 0.0706. The Morgan fingerprint density at radius 3 is 2.59 bits per heavy atom. The number of sulfonamides is 1. The van der Waals surface area contributed by atoms with Crippen LogP contribution in [0.2, 0.25) is 0 Å². The number of nitrogens with one attached hydrogen (secondary N) is 2. The van der Waals surface area contributed by atoms with Crippen LogP contribution < -0.4 is 4.72 Å². The topological polar surface area (TPSA) is 82.3 Å². The van der Waals surface area contributed by atoms with Gasteiger partial charge < -0.3 is 9.88 Å². The van der Waals surface area contributed by atoms with Crippen molar-refractivity contribution < 1.29 is 13.2 Å². The van der Waals surface area contributed by atoms with Crippen LogP contribution in [0.3, 0.4) is 0 Å². The standard InChI is InChI=1S/C15H19N3O3S/c1-22(20,21)17-12-6-8-18(9-7-12)15(19)14-10-11-4-2-3-5-13(11)16-14/h2-5,10,12,16-17H,6-9H2,1H3. The van der Waals surface area contributed by atoms with Gasteiger partial charge in [-0.3, -0.25) is 4.79 Å². The first-order valence-electron chi connectivity index (χ1n) is 7.27. The summed E-state index contributed by atoms with van der Waals surface area (Å²) >= 11 is 0. The number of aromatic nitrogens is 1. The van der Waals surface area contributed by atoms with E-state index in [-0.39, 0.29) is 11.9 Å². The fourth-order valence-electron chi connectivity index (χ4n) is 2.86. The van der Waals surface area contributed by atoms with Crippen LogP contribution in [0.5, 0.6) is 0 Å². The zero-order valence-corrected chi connectivity index (χ0v) is 13.2. The number of para-hydroxylation sites is 1. The monoisotopic (exact) mass is 321 g/mol. The van der Waals surface area contributed by atoms with E-state index >= 15 is 0 Å². The van der Waals surface area contributed by atoms with Gasteiger partial charge in [0.05, 0.1) is 6.26 Å². The van der Waals surface area contributed by atoms with E-state index in [2.05, 4.69) is 9.71 Å². The molecule has 0 saturated carbocycles. The van der Waals surface area contributed by atoms with Crippen molar-refractivity contribution in [1.82, 2.24) is 14.6 Å². The van der Waals surface area contributed by atoms with Crippen molar-refractivity contribution in [3.05, 3.63) is 36.0 Å². The normalized spacial score (nSPS) is 17.0. The molecule has 2 heterocycles. The summed E-state index contributed by atoms with van der Waals surface area (Å²) in [4.78, 5) is 17.4. The van der Waals surface area contributed by atoms with Gasteiger partial charge in [-0.15, -0.1) is 0 Å². The minimum Gasteiger partial charge on any atom is -0.351 e. The largest absolute Gasteiger partial charge is 0.351 e. The molecule has 1 aromatic heterocycles. The highest BCUT2D eigenvalue weighted by molar-refractivity contribution is 7.88. The van der Waals surface area contributed by atoms with E-state index in [1.54, 1.807) is 4.90 Å². The molecule has 6 nitrogen and oxygen atoms in total. The molecule has 1 aromatic carbocycles. The van der Waals surface area contributed by atoms with Crippen LogP contribution in [0.1, 0.15) is 23.3 Å². The van der Waals surface area contributed by atoms with E-state index in [4.69, 9.17) is 0 Å². The molecular formula is C15H19N3O3S. The number of amides is 1. The molecule has 1 fully saturated rings. The predicted molar refractivity (Wildman–Crippen MR) is 85.2 cm³/mol. The lowest BCUT2D eigenvalue weighted by Crippen LogP contribution is -2.46. The molecule has 7 heteroatoms. The Hall–Kier alpha value is -1.86. The molecule has 1 aliphatic rings. The third kappa shape index (κ3) is 3.31. The van der Waals surface area contributed by atoms with Crippen LogP contribution >= 0.6 is 0 Å². The van der Waals surface area contributed by atoms with Crippen LogP contribution in [0, 0.1) is 0 Å². The number of piperidine rings is 1. The maximum absolute atomic E-state index is 12.5. The number of carbonyl (C=O) groups excluding carboxylic acids is 1. The van der Waals surface area contributed by atoms with Crippen LogP contribution in [-0.4, -0.2) is 49.6 Å². The molecule has 0 spiro atoms. The maximum atomic E-state index is 12.5. The van der Waals surface area contributed by atoms with E-state index in [0.717, 1.165) is 17.2 Å². The SMILES string of the molecule is CS(=O)(=O)NC1CCN(C(=O)c2cc3ccccc3[nH]2)CC1. The molecule has 3 rings (SSSR count). The minimum absolute atomic E-state index is 0.0333. The Kier molecular flexibility index (Phi) is 3.92. The Balaban J connectivity index is 1.67. The first-order valence-corrected chi connectivity index (χ1v) is 9.16. The van der Waals surface area contributed by atoms with Gasteiger partial charge in [-0.05, 0) is 25.0 Å². The summed E-state index contributed by atoms with van der Waals surface area (Å²) in [5.41, 5.74) is 1.52. The molecule has 0 bridgehead atoms. The predicted octanol–water partition coefficient (Wildman–Crippen LogP) is 1.32. The number of nitrogens with zero attached hydrogens (tertiary/aromatic N) is 1. The van der Waals surface area contributed by atoms with Gasteiger partial charge in [0.25, 0.3) is 5.91 Å². The van der Waals surface area contributed by atoms with Crippen molar-refractivity contribution in [2.75, 3.05) is 19.3 Å². The molecule has 22 heavy (non-hydrogen) atoms. The summed E-state index contributed by atoms with van der Waals surface area (Å²) in [6.07, 6.45) is 2.44. The van der Waals surface area contributed by atoms with Gasteiger partial charge in [0.1, 0.15) is 5.69 Å². The van der Waals surface area contributed by atoms with Crippen LogP contribution in [-0.2, 0) is 10.0 Å². The number of hydrogen-bond acceptors (Lipinski definition) is 3. The fourth-order valence-corrected chi connectivity index (χ4v) is 3.70. The molecule has 0 radical (unpaired) electrons. The summed E-state index contributed by atoms with van der Waals surface area (Å²) in [5.74, 6) is -0.0333. The summed E-state index contributed by atoms with van der Waals surface area (Å²) in [5, 5.41) is 1.01. The van der Waals surface area contributed by atoms with Gasteiger partial charge in [0.2, 0.25) is 10.0 Å². The Morgan fingerprint density at radius 1 is 1.27 bits per heavy atom. The van der Waals surface area contributed by atoms with Crippen molar-refractivity contribution in [3.63, 3.8) is 0 Å². The van der Waals surface area contributed by atoms with E-state index < -0.39 is 10.0 Å². The number of aromatic amines is 1. The highest BCUT2D eigenvalue weighted by Crippen LogP contribution is 2.18. The zero-order chi connectivity index (χ0) is 15.7. The van der Waals surface area contributed by atoms with Crippen molar-refractivity contribution in [2.45, 2.75) is 18.9 Å². The molecule has 2 N–H and O–H groups in total. The smallest absolute Gasteiger partial charge is 0.270 e. The number of fused-ring (bicyclic) bond motifs is 1. The Morgan fingerprint density at radius 2 is 1.95 bits per heavy atom. The first-order chi connectivity index (χ1) is 10.4. The second-order valence-electron chi connectivity index (χ2n) is 5.73.